The summed E-state index contributed by atoms with van der Waals surface area (Å²) in [6, 6.07) is 21.4. The van der Waals surface area contributed by atoms with Crippen LogP contribution in [0, 0.1) is 0 Å². The molecule has 0 aliphatic heterocycles. The van der Waals surface area contributed by atoms with Crippen molar-refractivity contribution >= 4 is 29.1 Å². The number of benzene rings is 3. The molecule has 0 aliphatic rings. The van der Waals surface area contributed by atoms with Gasteiger partial charge in [0.15, 0.2) is 0 Å². The van der Waals surface area contributed by atoms with E-state index >= 15 is 0 Å². The summed E-state index contributed by atoms with van der Waals surface area (Å²) in [4.78, 5) is 15.3. The van der Waals surface area contributed by atoms with Crippen LogP contribution in [0.25, 0.3) is 21.5 Å². The summed E-state index contributed by atoms with van der Waals surface area (Å²) in [6.45, 7) is 0.854. The maximum atomic E-state index is 9.33. The summed E-state index contributed by atoms with van der Waals surface area (Å²) in [5.41, 5.74) is 0. The molecule has 0 atom stereocenters. The lowest BCUT2D eigenvalue weighted by molar-refractivity contribution is 0.381. The average Bonchev–Trinajstić information content (AvgIpc) is 2.34. The van der Waals surface area contributed by atoms with Crippen molar-refractivity contribution < 1.29 is 14.4 Å². The minimum Gasteiger partial charge on any atom is -0.325 e. The van der Waals surface area contributed by atoms with E-state index in [0.717, 1.165) is 6.66 Å². The summed E-state index contributed by atoms with van der Waals surface area (Å²) in [5, 5.41) is 5.25. The largest absolute Gasteiger partial charge is 0.325 e. The van der Waals surface area contributed by atoms with Gasteiger partial charge >= 0.3 is 7.60 Å². The first kappa shape index (κ1) is 13.8. The molecule has 0 amide bonds. The Morgan fingerprint density at radius 3 is 1.16 bits per heavy atom. The highest BCUT2D eigenvalue weighted by molar-refractivity contribution is 7.50. The van der Waals surface area contributed by atoms with E-state index in [1.54, 1.807) is 0 Å². The lowest BCUT2D eigenvalue weighted by atomic mass is 10.0. The Morgan fingerprint density at radius 2 is 0.947 bits per heavy atom. The minimum atomic E-state index is -3.64. The average molecular weight is 274 g/mol. The summed E-state index contributed by atoms with van der Waals surface area (Å²) >= 11 is 0. The van der Waals surface area contributed by atoms with Crippen molar-refractivity contribution in [2.24, 2.45) is 0 Å². The second-order valence-electron chi connectivity index (χ2n) is 4.38. The van der Waals surface area contributed by atoms with Crippen LogP contribution in [-0.2, 0) is 4.57 Å². The lowest BCUT2D eigenvalue weighted by Crippen LogP contribution is -1.74. The van der Waals surface area contributed by atoms with Gasteiger partial charge in [0.2, 0.25) is 0 Å². The van der Waals surface area contributed by atoms with Crippen LogP contribution >= 0.6 is 7.60 Å². The molecule has 0 aliphatic carbocycles. The maximum Gasteiger partial charge on any atom is 0.322 e. The van der Waals surface area contributed by atoms with E-state index in [4.69, 9.17) is 9.79 Å². The van der Waals surface area contributed by atoms with Gasteiger partial charge in [-0.3, -0.25) is 4.57 Å². The van der Waals surface area contributed by atoms with E-state index in [9.17, 15) is 4.57 Å². The normalized spacial score (nSPS) is 11.1. The smallest absolute Gasteiger partial charge is 0.322 e. The molecule has 4 heteroatoms. The minimum absolute atomic E-state index is 0.854. The standard InChI is InChI=1S/C14H10.CH5O3P/c1-2-6-12-10-14-8-4-3-7-13(14)9-11(12)5-1;1-5(2,3)4/h1-10H;1H3,(H2,2,3,4). The lowest BCUT2D eigenvalue weighted by Gasteiger charge is -2.00. The maximum absolute atomic E-state index is 9.33. The fourth-order valence-corrected chi connectivity index (χ4v) is 1.88. The van der Waals surface area contributed by atoms with Gasteiger partial charge in [0.25, 0.3) is 0 Å². The summed E-state index contributed by atoms with van der Waals surface area (Å²) in [7, 11) is -3.64. The first-order valence-electron chi connectivity index (χ1n) is 5.84. The SMILES string of the molecule is CP(=O)(O)O.c1ccc2cc3ccccc3cc2c1. The van der Waals surface area contributed by atoms with Crippen molar-refractivity contribution in [2.45, 2.75) is 0 Å². The van der Waals surface area contributed by atoms with Crippen LogP contribution < -0.4 is 0 Å². The Hall–Kier alpha value is -1.67. The highest BCUT2D eigenvalue weighted by atomic mass is 31.2. The fourth-order valence-electron chi connectivity index (χ4n) is 1.88. The first-order chi connectivity index (χ1) is 8.93. The summed E-state index contributed by atoms with van der Waals surface area (Å²) in [6.07, 6.45) is 0. The number of hydrogen-bond acceptors (Lipinski definition) is 1. The molecule has 98 valence electrons. The van der Waals surface area contributed by atoms with Crippen molar-refractivity contribution in [1.82, 2.24) is 0 Å². The monoisotopic (exact) mass is 274 g/mol. The molecule has 0 aromatic heterocycles. The molecule has 3 aromatic rings. The molecule has 19 heavy (non-hydrogen) atoms. The number of rotatable bonds is 0. The molecule has 0 fully saturated rings. The topological polar surface area (TPSA) is 57.5 Å². The first-order valence-corrected chi connectivity index (χ1v) is 7.90. The summed E-state index contributed by atoms with van der Waals surface area (Å²) in [5.74, 6) is 0. The van der Waals surface area contributed by atoms with Gasteiger partial charge in [0.1, 0.15) is 0 Å². The molecule has 2 N–H and O–H groups in total. The number of hydrogen-bond donors (Lipinski definition) is 2. The van der Waals surface area contributed by atoms with E-state index in [2.05, 4.69) is 60.7 Å². The van der Waals surface area contributed by atoms with Crippen LogP contribution in [0.4, 0.5) is 0 Å². The molecule has 0 radical (unpaired) electrons. The van der Waals surface area contributed by atoms with E-state index in [1.807, 2.05) is 0 Å². The molecule has 0 heterocycles. The Kier molecular flexibility index (Phi) is 4.01. The van der Waals surface area contributed by atoms with Crippen LogP contribution in [0.2, 0.25) is 0 Å². The van der Waals surface area contributed by atoms with Crippen LogP contribution in [0.5, 0.6) is 0 Å². The quantitative estimate of drug-likeness (QED) is 0.484. The van der Waals surface area contributed by atoms with E-state index < -0.39 is 7.60 Å². The van der Waals surface area contributed by atoms with Gasteiger partial charge in [-0.2, -0.15) is 0 Å². The molecule has 3 aromatic carbocycles. The van der Waals surface area contributed by atoms with Gasteiger partial charge in [-0.15, -0.1) is 0 Å². The zero-order valence-corrected chi connectivity index (χ0v) is 11.4. The highest BCUT2D eigenvalue weighted by Gasteiger charge is 1.96. The second-order valence-corrected chi connectivity index (χ2v) is 6.05. The second kappa shape index (κ2) is 5.54. The molecule has 0 spiro atoms. The fraction of sp³-hybridized carbons (Fsp3) is 0.0667. The predicted octanol–water partition coefficient (Wildman–Crippen LogP) is 3.79. The molecule has 3 nitrogen and oxygen atoms in total. The van der Waals surface area contributed by atoms with Crippen molar-refractivity contribution in [1.29, 1.82) is 0 Å². The van der Waals surface area contributed by atoms with Gasteiger partial charge < -0.3 is 9.79 Å². The van der Waals surface area contributed by atoms with Gasteiger partial charge in [-0.1, -0.05) is 48.5 Å². The van der Waals surface area contributed by atoms with Crippen molar-refractivity contribution in [3.05, 3.63) is 60.7 Å². The molecule has 0 unspecified atom stereocenters. The van der Waals surface area contributed by atoms with E-state index in [0.29, 0.717) is 0 Å². The number of fused-ring (bicyclic) bond motifs is 2. The van der Waals surface area contributed by atoms with E-state index in [1.165, 1.54) is 21.5 Å². The van der Waals surface area contributed by atoms with Crippen molar-refractivity contribution in [3.63, 3.8) is 0 Å². The van der Waals surface area contributed by atoms with E-state index in [-0.39, 0.29) is 0 Å². The van der Waals surface area contributed by atoms with Crippen LogP contribution in [0.3, 0.4) is 0 Å². The molecule has 3 rings (SSSR count). The molecule has 0 saturated carbocycles. The predicted molar refractivity (Wildman–Crippen MR) is 79.4 cm³/mol. The molecule has 0 saturated heterocycles. The van der Waals surface area contributed by atoms with Crippen LogP contribution in [0.1, 0.15) is 0 Å². The summed E-state index contributed by atoms with van der Waals surface area (Å²) < 4.78 is 9.33. The third-order valence-electron chi connectivity index (χ3n) is 2.61. The zero-order valence-electron chi connectivity index (χ0n) is 10.5. The van der Waals surface area contributed by atoms with Crippen molar-refractivity contribution in [3.8, 4) is 0 Å². The van der Waals surface area contributed by atoms with Gasteiger partial charge in [0.05, 0.1) is 0 Å². The Bertz CT molecular complexity index is 633. The van der Waals surface area contributed by atoms with Gasteiger partial charge in [0, 0.05) is 6.66 Å². The van der Waals surface area contributed by atoms with Crippen LogP contribution in [-0.4, -0.2) is 16.5 Å². The third kappa shape index (κ3) is 4.18. The van der Waals surface area contributed by atoms with Gasteiger partial charge in [-0.05, 0) is 33.7 Å². The Morgan fingerprint density at radius 1 is 0.737 bits per heavy atom. The Labute approximate surface area is 111 Å². The molecule has 0 bridgehead atoms. The van der Waals surface area contributed by atoms with Crippen molar-refractivity contribution in [2.75, 3.05) is 6.66 Å². The molecular formula is C15H15O3P. The van der Waals surface area contributed by atoms with Gasteiger partial charge in [-0.25, -0.2) is 0 Å². The molecular weight excluding hydrogens is 259 g/mol. The highest BCUT2D eigenvalue weighted by Crippen LogP contribution is 2.26. The third-order valence-corrected chi connectivity index (χ3v) is 2.61. The van der Waals surface area contributed by atoms with Crippen LogP contribution in [0.15, 0.2) is 60.7 Å². The Balaban J connectivity index is 0.000000232. The zero-order chi connectivity index (χ0) is 13.9.